The number of hydrogen-bond donors (Lipinski definition) is 4. The molecule has 0 radical (unpaired) electrons. The molecule has 0 spiro atoms. The van der Waals surface area contributed by atoms with E-state index in [1.54, 1.807) is 24.3 Å². The van der Waals surface area contributed by atoms with Gasteiger partial charge in [-0.05, 0) is 47.9 Å². The zero-order valence-electron chi connectivity index (χ0n) is 18.2. The molecule has 5 N–H and O–H groups in total. The van der Waals surface area contributed by atoms with Crippen LogP contribution in [0.1, 0.15) is 28.2 Å². The van der Waals surface area contributed by atoms with Crippen LogP contribution in [0, 0.1) is 12.8 Å². The number of phenols is 1. The molecular formula is C26H25NO6. The summed E-state index contributed by atoms with van der Waals surface area (Å²) in [6.45, 7) is 1.87. The first-order valence-corrected chi connectivity index (χ1v) is 10.7. The molecule has 0 unspecified atom stereocenters. The number of hydrogen-bond acceptors (Lipinski definition) is 6. The van der Waals surface area contributed by atoms with Crippen molar-refractivity contribution < 1.29 is 29.6 Å². The van der Waals surface area contributed by atoms with E-state index in [4.69, 9.17) is 15.2 Å². The zero-order chi connectivity index (χ0) is 23.5. The second-order valence-corrected chi connectivity index (χ2v) is 8.75. The van der Waals surface area contributed by atoms with Crippen LogP contribution in [0.3, 0.4) is 0 Å². The summed E-state index contributed by atoms with van der Waals surface area (Å²) in [6, 6.07) is 18.8. The Kier molecular flexibility index (Phi) is 4.67. The van der Waals surface area contributed by atoms with Gasteiger partial charge < -0.3 is 30.5 Å². The van der Waals surface area contributed by atoms with E-state index in [1.807, 2.05) is 37.3 Å². The standard InChI is InChI=1S/C26H25NO6/c1-14-12-18(32-2)22-19(13-14)33-26(16-8-10-17(28)11-9-16)21(15-6-4-3-5-7-15)20(24(27)30)23(29)25(22,26)31/h3-13,20-21,23,28-29,31H,1-2H3,(H2,27,30)/t20-,21-,23-,25+,26+/m1/s1. The lowest BCUT2D eigenvalue weighted by molar-refractivity contribution is -0.154. The van der Waals surface area contributed by atoms with Crippen LogP contribution in [0.15, 0.2) is 66.7 Å². The number of aromatic hydroxyl groups is 1. The number of rotatable bonds is 4. The van der Waals surface area contributed by atoms with Gasteiger partial charge >= 0.3 is 0 Å². The van der Waals surface area contributed by atoms with Crippen LogP contribution in [0.2, 0.25) is 0 Å². The van der Waals surface area contributed by atoms with Crippen molar-refractivity contribution in [1.82, 2.24) is 0 Å². The molecular weight excluding hydrogens is 422 g/mol. The molecule has 3 aromatic rings. The number of aliphatic hydroxyl groups excluding tert-OH is 1. The average molecular weight is 447 g/mol. The first kappa shape index (κ1) is 21.3. The summed E-state index contributed by atoms with van der Waals surface area (Å²) < 4.78 is 12.2. The highest BCUT2D eigenvalue weighted by molar-refractivity contribution is 5.81. The Balaban J connectivity index is 1.90. The third-order valence-corrected chi connectivity index (χ3v) is 7.00. The van der Waals surface area contributed by atoms with Gasteiger partial charge in [-0.2, -0.15) is 0 Å². The lowest BCUT2D eigenvalue weighted by atomic mass is 9.70. The monoisotopic (exact) mass is 447 g/mol. The van der Waals surface area contributed by atoms with Crippen molar-refractivity contribution in [3.05, 3.63) is 89.0 Å². The minimum atomic E-state index is -2.07. The Morgan fingerprint density at radius 3 is 2.36 bits per heavy atom. The number of aryl methyl sites for hydroxylation is 1. The quantitative estimate of drug-likeness (QED) is 0.487. The molecule has 170 valence electrons. The molecule has 0 saturated heterocycles. The van der Waals surface area contributed by atoms with Gasteiger partial charge in [-0.25, -0.2) is 0 Å². The van der Waals surface area contributed by atoms with Gasteiger partial charge in [-0.15, -0.1) is 0 Å². The van der Waals surface area contributed by atoms with Crippen molar-refractivity contribution in [3.8, 4) is 17.2 Å². The molecule has 5 rings (SSSR count). The number of ether oxygens (including phenoxy) is 2. The SMILES string of the molecule is COc1cc(C)cc2c1[C@]1(O)[C@H](O)[C@H](C(N)=O)[C@@H](c3ccccc3)[C@]1(c1ccc(O)cc1)O2. The van der Waals surface area contributed by atoms with Crippen molar-refractivity contribution in [2.45, 2.75) is 30.1 Å². The fraction of sp³-hybridized carbons (Fsp3) is 0.269. The van der Waals surface area contributed by atoms with Crippen molar-refractivity contribution >= 4 is 5.91 Å². The first-order chi connectivity index (χ1) is 15.8. The Labute approximate surface area is 191 Å². The van der Waals surface area contributed by atoms with Crippen molar-refractivity contribution in [3.63, 3.8) is 0 Å². The molecule has 1 fully saturated rings. The van der Waals surface area contributed by atoms with Crippen molar-refractivity contribution in [2.75, 3.05) is 7.11 Å². The number of fused-ring (bicyclic) bond motifs is 3. The van der Waals surface area contributed by atoms with Crippen LogP contribution in [0.25, 0.3) is 0 Å². The highest BCUT2D eigenvalue weighted by atomic mass is 16.5. The van der Waals surface area contributed by atoms with Gasteiger partial charge in [0.2, 0.25) is 5.91 Å². The van der Waals surface area contributed by atoms with Crippen LogP contribution in [0.4, 0.5) is 0 Å². The summed E-state index contributed by atoms with van der Waals surface area (Å²) in [7, 11) is 1.47. The van der Waals surface area contributed by atoms with Gasteiger partial charge in [0.15, 0.2) is 11.2 Å². The lowest BCUT2D eigenvalue weighted by Crippen LogP contribution is -2.52. The van der Waals surface area contributed by atoms with Crippen LogP contribution < -0.4 is 15.2 Å². The maximum atomic E-state index is 12.7. The van der Waals surface area contributed by atoms with Gasteiger partial charge in [-0.3, -0.25) is 4.79 Å². The summed E-state index contributed by atoms with van der Waals surface area (Å²) in [4.78, 5) is 12.7. The number of benzene rings is 3. The molecule has 2 aliphatic rings. The molecule has 0 aromatic heterocycles. The van der Waals surface area contributed by atoms with E-state index < -0.39 is 35.0 Å². The van der Waals surface area contributed by atoms with E-state index >= 15 is 0 Å². The van der Waals surface area contributed by atoms with E-state index in [0.717, 1.165) is 5.56 Å². The molecule has 5 atom stereocenters. The van der Waals surface area contributed by atoms with Crippen molar-refractivity contribution in [1.29, 1.82) is 0 Å². The predicted molar refractivity (Wildman–Crippen MR) is 120 cm³/mol. The second kappa shape index (κ2) is 7.23. The summed E-state index contributed by atoms with van der Waals surface area (Å²) in [5.74, 6) is -2.03. The first-order valence-electron chi connectivity index (χ1n) is 10.7. The highest BCUT2D eigenvalue weighted by Crippen LogP contribution is 2.69. The Morgan fingerprint density at radius 1 is 1.09 bits per heavy atom. The number of aliphatic hydroxyl groups is 2. The van der Waals surface area contributed by atoms with E-state index in [2.05, 4.69) is 0 Å². The van der Waals surface area contributed by atoms with Crippen LogP contribution in [-0.4, -0.2) is 34.4 Å². The minimum absolute atomic E-state index is 0.0314. The lowest BCUT2D eigenvalue weighted by Gasteiger charge is -2.40. The topological polar surface area (TPSA) is 122 Å². The third kappa shape index (κ3) is 2.66. The molecule has 1 aliphatic heterocycles. The number of carbonyl (C=O) groups is 1. The molecule has 1 heterocycles. The van der Waals surface area contributed by atoms with Gasteiger partial charge in [0.25, 0.3) is 0 Å². The fourth-order valence-electron chi connectivity index (χ4n) is 5.73. The molecule has 7 heteroatoms. The zero-order valence-corrected chi connectivity index (χ0v) is 18.2. The highest BCUT2D eigenvalue weighted by Gasteiger charge is 2.77. The maximum Gasteiger partial charge on any atom is 0.224 e. The fourth-order valence-corrected chi connectivity index (χ4v) is 5.73. The molecule has 7 nitrogen and oxygen atoms in total. The molecule has 1 saturated carbocycles. The normalized spacial score (nSPS) is 29.8. The third-order valence-electron chi connectivity index (χ3n) is 7.00. The minimum Gasteiger partial charge on any atom is -0.508 e. The van der Waals surface area contributed by atoms with Crippen LogP contribution in [0.5, 0.6) is 17.2 Å². The van der Waals surface area contributed by atoms with Gasteiger partial charge in [0.05, 0.1) is 18.6 Å². The van der Waals surface area contributed by atoms with Gasteiger partial charge in [0.1, 0.15) is 23.4 Å². The summed E-state index contributed by atoms with van der Waals surface area (Å²) in [5.41, 5.74) is 4.39. The van der Waals surface area contributed by atoms with Crippen LogP contribution in [-0.2, 0) is 16.0 Å². The van der Waals surface area contributed by atoms with E-state index in [9.17, 15) is 20.1 Å². The summed E-state index contributed by atoms with van der Waals surface area (Å²) in [6.07, 6.45) is -1.59. The van der Waals surface area contributed by atoms with Gasteiger partial charge in [0, 0.05) is 5.92 Å². The molecule has 1 amide bonds. The molecule has 33 heavy (non-hydrogen) atoms. The summed E-state index contributed by atoms with van der Waals surface area (Å²) >= 11 is 0. The number of amides is 1. The number of nitrogens with two attached hydrogens (primary N) is 1. The average Bonchev–Trinajstić information content (AvgIpc) is 3.17. The summed E-state index contributed by atoms with van der Waals surface area (Å²) in [5, 5.41) is 34.0. The van der Waals surface area contributed by atoms with E-state index in [1.165, 1.54) is 19.2 Å². The molecule has 3 aromatic carbocycles. The van der Waals surface area contributed by atoms with E-state index in [0.29, 0.717) is 22.6 Å². The number of primary amides is 1. The van der Waals surface area contributed by atoms with Gasteiger partial charge in [-0.1, -0.05) is 42.5 Å². The maximum absolute atomic E-state index is 12.7. The second-order valence-electron chi connectivity index (χ2n) is 8.75. The smallest absolute Gasteiger partial charge is 0.224 e. The number of carbonyl (C=O) groups excluding carboxylic acids is 1. The molecule has 0 bridgehead atoms. The Bertz CT molecular complexity index is 1230. The Morgan fingerprint density at radius 2 is 1.76 bits per heavy atom. The van der Waals surface area contributed by atoms with E-state index in [-0.39, 0.29) is 11.3 Å². The largest absolute Gasteiger partial charge is 0.508 e. The van der Waals surface area contributed by atoms with Crippen LogP contribution >= 0.6 is 0 Å². The number of methoxy groups -OCH3 is 1. The van der Waals surface area contributed by atoms with Crippen molar-refractivity contribution in [2.24, 2.45) is 11.7 Å². The Hall–Kier alpha value is -3.55. The predicted octanol–water partition coefficient (Wildman–Crippen LogP) is 2.44. The number of phenolic OH excluding ortho intramolecular Hbond substituents is 1. The molecule has 1 aliphatic carbocycles.